The highest BCUT2D eigenvalue weighted by Gasteiger charge is 2.22. The molecule has 122 valence electrons. The molecular formula is C21H20O3. The summed E-state index contributed by atoms with van der Waals surface area (Å²) in [5, 5.41) is 11.9. The molecule has 3 nitrogen and oxygen atoms in total. The fourth-order valence-corrected chi connectivity index (χ4v) is 3.30. The number of phenolic OH excluding ortho intramolecular Hbond substituents is 1. The molecule has 0 bridgehead atoms. The first-order chi connectivity index (χ1) is 11.6. The molecule has 0 saturated carbocycles. The quantitative estimate of drug-likeness (QED) is 0.681. The lowest BCUT2D eigenvalue weighted by atomic mass is 9.96. The van der Waals surface area contributed by atoms with E-state index >= 15 is 0 Å². The zero-order valence-corrected chi connectivity index (χ0v) is 13.9. The number of hydrogen-bond donors (Lipinski definition) is 1. The van der Waals surface area contributed by atoms with Gasteiger partial charge in [0, 0.05) is 6.42 Å². The van der Waals surface area contributed by atoms with Gasteiger partial charge >= 0.3 is 0 Å². The van der Waals surface area contributed by atoms with Gasteiger partial charge in [0.15, 0.2) is 11.5 Å². The Balaban J connectivity index is 1.77. The van der Waals surface area contributed by atoms with Crippen LogP contribution < -0.4 is 9.47 Å². The molecule has 0 radical (unpaired) electrons. The molecular weight excluding hydrogens is 300 g/mol. The maximum Gasteiger partial charge on any atom is 0.162 e. The van der Waals surface area contributed by atoms with Crippen LogP contribution in [0.5, 0.6) is 17.2 Å². The molecule has 1 heterocycles. The van der Waals surface area contributed by atoms with Gasteiger partial charge in [0.25, 0.3) is 0 Å². The van der Waals surface area contributed by atoms with E-state index < -0.39 is 0 Å². The number of hydrogen-bond acceptors (Lipinski definition) is 3. The number of benzene rings is 3. The van der Waals surface area contributed by atoms with Crippen LogP contribution in [0.25, 0.3) is 10.8 Å². The van der Waals surface area contributed by atoms with Gasteiger partial charge in [-0.2, -0.15) is 0 Å². The first kappa shape index (κ1) is 14.9. The summed E-state index contributed by atoms with van der Waals surface area (Å²) >= 11 is 0. The molecule has 3 aromatic carbocycles. The van der Waals surface area contributed by atoms with Crippen LogP contribution in [-0.4, -0.2) is 11.7 Å². The van der Waals surface area contributed by atoms with Crippen molar-refractivity contribution in [1.82, 2.24) is 0 Å². The minimum atomic E-state index is -0.0557. The summed E-state index contributed by atoms with van der Waals surface area (Å²) in [7, 11) is 0. The van der Waals surface area contributed by atoms with Gasteiger partial charge in [0.2, 0.25) is 0 Å². The van der Waals surface area contributed by atoms with Crippen LogP contribution in [0.15, 0.2) is 48.5 Å². The van der Waals surface area contributed by atoms with E-state index in [0.717, 1.165) is 39.8 Å². The minimum absolute atomic E-state index is 0.0557. The lowest BCUT2D eigenvalue weighted by Gasteiger charge is -2.19. The summed E-state index contributed by atoms with van der Waals surface area (Å²) in [4.78, 5) is 0. The number of ether oxygens (including phenoxy) is 2. The van der Waals surface area contributed by atoms with Gasteiger partial charge in [-0.25, -0.2) is 0 Å². The molecule has 3 heteroatoms. The molecule has 0 spiro atoms. The summed E-state index contributed by atoms with van der Waals surface area (Å²) in [6.07, 6.45) is 0.735. The Hall–Kier alpha value is -2.68. The number of aromatic hydroxyl groups is 1. The number of aryl methyl sites for hydroxylation is 2. The van der Waals surface area contributed by atoms with Crippen LogP contribution in [0.3, 0.4) is 0 Å². The molecule has 1 aliphatic rings. The van der Waals surface area contributed by atoms with Crippen molar-refractivity contribution in [2.45, 2.75) is 26.4 Å². The van der Waals surface area contributed by atoms with Crippen molar-refractivity contribution in [3.05, 3.63) is 65.2 Å². The fraction of sp³-hybridized carbons (Fsp3) is 0.238. The fourth-order valence-electron chi connectivity index (χ4n) is 3.30. The molecule has 24 heavy (non-hydrogen) atoms. The van der Waals surface area contributed by atoms with Crippen LogP contribution in [0.1, 0.15) is 29.2 Å². The maximum atomic E-state index is 9.76. The molecule has 0 aromatic heterocycles. The first-order valence-corrected chi connectivity index (χ1v) is 8.23. The van der Waals surface area contributed by atoms with E-state index in [4.69, 9.17) is 9.47 Å². The van der Waals surface area contributed by atoms with Gasteiger partial charge in [0.05, 0.1) is 6.61 Å². The van der Waals surface area contributed by atoms with E-state index in [1.807, 2.05) is 31.2 Å². The van der Waals surface area contributed by atoms with Crippen molar-refractivity contribution in [2.24, 2.45) is 0 Å². The zero-order valence-electron chi connectivity index (χ0n) is 13.9. The molecule has 1 atom stereocenters. The Morgan fingerprint density at radius 2 is 1.79 bits per heavy atom. The first-order valence-electron chi connectivity index (χ1n) is 8.23. The van der Waals surface area contributed by atoms with Crippen LogP contribution in [0.2, 0.25) is 0 Å². The number of rotatable bonds is 1. The van der Waals surface area contributed by atoms with E-state index in [1.165, 1.54) is 5.56 Å². The largest absolute Gasteiger partial charge is 0.508 e. The highest BCUT2D eigenvalue weighted by molar-refractivity contribution is 5.85. The standard InChI is InChI=1S/C21H20O3/c1-13-3-6-20-21(9-13)24-19(7-8-23-20)18-12-16-11-17(22)5-4-15(16)10-14(18)2/h3-6,9-12,19,22H,7-8H2,1-2H3. The Labute approximate surface area is 141 Å². The van der Waals surface area contributed by atoms with E-state index in [-0.39, 0.29) is 11.9 Å². The molecule has 0 saturated heterocycles. The summed E-state index contributed by atoms with van der Waals surface area (Å²) in [6.45, 7) is 4.78. The van der Waals surface area contributed by atoms with Gasteiger partial charge in [-0.3, -0.25) is 0 Å². The summed E-state index contributed by atoms with van der Waals surface area (Å²) in [5.41, 5.74) is 3.48. The number of fused-ring (bicyclic) bond motifs is 2. The predicted molar refractivity (Wildman–Crippen MR) is 95.0 cm³/mol. The maximum absolute atomic E-state index is 9.76. The molecule has 0 aliphatic carbocycles. The molecule has 0 fully saturated rings. The van der Waals surface area contributed by atoms with Crippen LogP contribution in [0, 0.1) is 13.8 Å². The molecule has 3 aromatic rings. The van der Waals surface area contributed by atoms with Crippen LogP contribution >= 0.6 is 0 Å². The van der Waals surface area contributed by atoms with E-state index in [2.05, 4.69) is 19.1 Å². The smallest absolute Gasteiger partial charge is 0.162 e. The van der Waals surface area contributed by atoms with Crippen molar-refractivity contribution >= 4 is 10.8 Å². The molecule has 4 rings (SSSR count). The SMILES string of the molecule is Cc1ccc2c(c1)OC(c1cc3cc(O)ccc3cc1C)CCO2. The van der Waals surface area contributed by atoms with Crippen molar-refractivity contribution in [2.75, 3.05) is 6.61 Å². The Morgan fingerprint density at radius 3 is 2.67 bits per heavy atom. The Kier molecular flexibility index (Phi) is 3.57. The highest BCUT2D eigenvalue weighted by atomic mass is 16.5. The lowest BCUT2D eigenvalue weighted by molar-refractivity contribution is 0.194. The van der Waals surface area contributed by atoms with Gasteiger partial charge in [-0.1, -0.05) is 18.2 Å². The average Bonchev–Trinajstić information content (AvgIpc) is 2.76. The van der Waals surface area contributed by atoms with Crippen LogP contribution in [0.4, 0.5) is 0 Å². The monoisotopic (exact) mass is 320 g/mol. The third-order valence-corrected chi connectivity index (χ3v) is 4.56. The molecule has 1 N–H and O–H groups in total. The summed E-state index contributed by atoms with van der Waals surface area (Å²) in [6, 6.07) is 15.8. The van der Waals surface area contributed by atoms with Crippen molar-refractivity contribution in [3.63, 3.8) is 0 Å². The summed E-state index contributed by atoms with van der Waals surface area (Å²) < 4.78 is 12.1. The lowest BCUT2D eigenvalue weighted by Crippen LogP contribution is -2.10. The second-order valence-electron chi connectivity index (χ2n) is 6.43. The Morgan fingerprint density at radius 1 is 0.917 bits per heavy atom. The van der Waals surface area contributed by atoms with Crippen LogP contribution in [-0.2, 0) is 0 Å². The minimum Gasteiger partial charge on any atom is -0.508 e. The molecule has 0 amide bonds. The van der Waals surface area contributed by atoms with E-state index in [0.29, 0.717) is 6.61 Å². The van der Waals surface area contributed by atoms with Gasteiger partial charge in [-0.15, -0.1) is 0 Å². The van der Waals surface area contributed by atoms with Crippen molar-refractivity contribution in [3.8, 4) is 17.2 Å². The van der Waals surface area contributed by atoms with Gasteiger partial charge in [-0.05, 0) is 71.6 Å². The average molecular weight is 320 g/mol. The predicted octanol–water partition coefficient (Wildman–Crippen LogP) is 5.06. The zero-order chi connectivity index (χ0) is 16.7. The molecule has 1 unspecified atom stereocenters. The van der Waals surface area contributed by atoms with Gasteiger partial charge < -0.3 is 14.6 Å². The Bertz CT molecular complexity index is 914. The number of phenols is 1. The summed E-state index contributed by atoms with van der Waals surface area (Å²) in [5.74, 6) is 1.88. The third-order valence-electron chi connectivity index (χ3n) is 4.56. The van der Waals surface area contributed by atoms with Crippen molar-refractivity contribution < 1.29 is 14.6 Å². The second kappa shape index (κ2) is 5.75. The van der Waals surface area contributed by atoms with Gasteiger partial charge in [0.1, 0.15) is 11.9 Å². The van der Waals surface area contributed by atoms with Crippen molar-refractivity contribution in [1.29, 1.82) is 0 Å². The highest BCUT2D eigenvalue weighted by Crippen LogP contribution is 2.38. The van der Waals surface area contributed by atoms with E-state index in [9.17, 15) is 5.11 Å². The van der Waals surface area contributed by atoms with E-state index in [1.54, 1.807) is 12.1 Å². The molecule has 1 aliphatic heterocycles. The second-order valence-corrected chi connectivity index (χ2v) is 6.43. The normalized spacial score (nSPS) is 16.8. The topological polar surface area (TPSA) is 38.7 Å². The third kappa shape index (κ3) is 2.67.